The molecule has 2 aromatic carbocycles. The molecule has 4 aromatic rings. The van der Waals surface area contributed by atoms with E-state index in [0.717, 1.165) is 18.2 Å². The number of nitrogens with zero attached hydrogens (tertiary/aromatic N) is 3. The first kappa shape index (κ1) is 19.4. The molecule has 9 heteroatoms. The van der Waals surface area contributed by atoms with Crippen molar-refractivity contribution in [2.75, 3.05) is 5.73 Å². The molecule has 0 radical (unpaired) electrons. The quantitative estimate of drug-likeness (QED) is 0.215. The van der Waals surface area contributed by atoms with Crippen LogP contribution in [0.4, 0.5) is 23.4 Å². The maximum Gasteiger partial charge on any atom is 0.417 e. The van der Waals surface area contributed by atoms with Crippen molar-refractivity contribution in [1.82, 2.24) is 9.38 Å². The monoisotopic (exact) mass is 414 g/mol. The summed E-state index contributed by atoms with van der Waals surface area (Å²) >= 11 is 0. The molecule has 0 aliphatic carbocycles. The van der Waals surface area contributed by atoms with E-state index in [4.69, 9.17) is 5.73 Å². The number of hydrogen-bond donors (Lipinski definition) is 2. The molecule has 4 rings (SSSR count). The Balaban J connectivity index is 1.99. The third kappa shape index (κ3) is 3.24. The summed E-state index contributed by atoms with van der Waals surface area (Å²) in [6.45, 7) is 0. The SMILES string of the molecule is Nc1nc2ccc(/C(=N/O)c3ccccc3)cn2c1-c1c(F)cccc1C(F)(F)F. The fraction of sp³-hybridized carbons (Fsp3) is 0.0476. The molecule has 0 spiro atoms. The van der Waals surface area contributed by atoms with Crippen LogP contribution in [0.2, 0.25) is 0 Å². The molecular formula is C21H14F4N4O. The van der Waals surface area contributed by atoms with Crippen molar-refractivity contribution in [2.24, 2.45) is 5.16 Å². The number of imidazole rings is 1. The lowest BCUT2D eigenvalue weighted by Crippen LogP contribution is -2.10. The highest BCUT2D eigenvalue weighted by Gasteiger charge is 2.36. The molecule has 30 heavy (non-hydrogen) atoms. The van der Waals surface area contributed by atoms with E-state index >= 15 is 0 Å². The van der Waals surface area contributed by atoms with Gasteiger partial charge in [0.1, 0.15) is 22.9 Å². The zero-order chi connectivity index (χ0) is 21.5. The van der Waals surface area contributed by atoms with Crippen LogP contribution in [0.15, 0.2) is 72.0 Å². The van der Waals surface area contributed by atoms with Crippen molar-refractivity contribution in [3.05, 3.63) is 89.4 Å². The number of alkyl halides is 3. The Hall–Kier alpha value is -3.88. The van der Waals surface area contributed by atoms with Crippen molar-refractivity contribution in [2.45, 2.75) is 6.18 Å². The Morgan fingerprint density at radius 3 is 2.37 bits per heavy atom. The number of oxime groups is 1. The van der Waals surface area contributed by atoms with Crippen molar-refractivity contribution in [1.29, 1.82) is 0 Å². The third-order valence-electron chi connectivity index (χ3n) is 4.62. The highest BCUT2D eigenvalue weighted by Crippen LogP contribution is 2.40. The Labute approximate surface area is 167 Å². The minimum Gasteiger partial charge on any atom is -0.410 e. The first-order valence-electron chi connectivity index (χ1n) is 8.72. The van der Waals surface area contributed by atoms with Crippen molar-refractivity contribution >= 4 is 17.2 Å². The molecule has 5 nitrogen and oxygen atoms in total. The minimum absolute atomic E-state index is 0.181. The molecule has 2 aromatic heterocycles. The van der Waals surface area contributed by atoms with Crippen LogP contribution >= 0.6 is 0 Å². The molecule has 0 bridgehead atoms. The minimum atomic E-state index is -4.80. The van der Waals surface area contributed by atoms with Crippen LogP contribution < -0.4 is 5.73 Å². The molecule has 0 atom stereocenters. The van der Waals surface area contributed by atoms with E-state index in [2.05, 4.69) is 10.1 Å². The van der Waals surface area contributed by atoms with Crippen LogP contribution in [0.25, 0.3) is 16.9 Å². The predicted octanol–water partition coefficient (Wildman–Crippen LogP) is 4.97. The van der Waals surface area contributed by atoms with Gasteiger partial charge in [-0.05, 0) is 24.3 Å². The van der Waals surface area contributed by atoms with E-state index in [9.17, 15) is 22.8 Å². The van der Waals surface area contributed by atoms with Gasteiger partial charge in [-0.2, -0.15) is 13.2 Å². The summed E-state index contributed by atoms with van der Waals surface area (Å²) in [7, 11) is 0. The summed E-state index contributed by atoms with van der Waals surface area (Å²) < 4.78 is 56.5. The van der Waals surface area contributed by atoms with E-state index < -0.39 is 23.1 Å². The topological polar surface area (TPSA) is 75.9 Å². The van der Waals surface area contributed by atoms with Crippen LogP contribution in [0.3, 0.4) is 0 Å². The number of rotatable bonds is 3. The zero-order valence-corrected chi connectivity index (χ0v) is 15.2. The largest absolute Gasteiger partial charge is 0.417 e. The smallest absolute Gasteiger partial charge is 0.410 e. The number of nitrogens with two attached hydrogens (primary N) is 1. The summed E-state index contributed by atoms with van der Waals surface area (Å²) in [6.07, 6.45) is -3.39. The van der Waals surface area contributed by atoms with Gasteiger partial charge in [-0.3, -0.25) is 4.40 Å². The van der Waals surface area contributed by atoms with Gasteiger partial charge < -0.3 is 10.9 Å². The highest BCUT2D eigenvalue weighted by atomic mass is 19.4. The van der Waals surface area contributed by atoms with Crippen LogP contribution in [0.1, 0.15) is 16.7 Å². The Kier molecular flexibility index (Phi) is 4.65. The normalized spacial score (nSPS) is 12.5. The molecule has 0 saturated carbocycles. The van der Waals surface area contributed by atoms with Crippen LogP contribution in [-0.2, 0) is 6.18 Å². The van der Waals surface area contributed by atoms with E-state index in [0.29, 0.717) is 11.1 Å². The first-order chi connectivity index (χ1) is 14.3. The number of fused-ring (bicyclic) bond motifs is 1. The maximum atomic E-state index is 14.6. The van der Waals surface area contributed by atoms with Gasteiger partial charge in [0.25, 0.3) is 0 Å². The van der Waals surface area contributed by atoms with Crippen molar-refractivity contribution in [3.63, 3.8) is 0 Å². The van der Waals surface area contributed by atoms with Gasteiger partial charge in [0.05, 0.1) is 11.1 Å². The molecule has 0 fully saturated rings. The van der Waals surface area contributed by atoms with Gasteiger partial charge in [0.2, 0.25) is 0 Å². The lowest BCUT2D eigenvalue weighted by atomic mass is 10.0. The number of hydrogen-bond acceptors (Lipinski definition) is 4. The Morgan fingerprint density at radius 2 is 1.70 bits per heavy atom. The maximum absolute atomic E-state index is 14.6. The van der Waals surface area contributed by atoms with E-state index in [1.807, 2.05) is 0 Å². The van der Waals surface area contributed by atoms with Gasteiger partial charge in [-0.25, -0.2) is 9.37 Å². The van der Waals surface area contributed by atoms with E-state index in [1.54, 1.807) is 36.4 Å². The average Bonchev–Trinajstić information content (AvgIpc) is 3.03. The van der Waals surface area contributed by atoms with Gasteiger partial charge in [-0.15, -0.1) is 0 Å². The summed E-state index contributed by atoms with van der Waals surface area (Å²) in [5.74, 6) is -1.34. The summed E-state index contributed by atoms with van der Waals surface area (Å²) in [4.78, 5) is 4.06. The number of halogens is 4. The molecule has 152 valence electrons. The van der Waals surface area contributed by atoms with E-state index in [-0.39, 0.29) is 22.9 Å². The summed E-state index contributed by atoms with van der Waals surface area (Å²) in [6, 6.07) is 14.5. The standard InChI is InChI=1S/C21H14F4N4O/c22-15-8-4-7-14(21(23,24)25)17(15)19-20(26)27-16-10-9-13(11-29(16)19)18(28-30)12-5-2-1-3-6-12/h1-11,30H,26H2/b28-18+. The van der Waals surface area contributed by atoms with Gasteiger partial charge in [0, 0.05) is 17.3 Å². The number of benzene rings is 2. The number of nitrogen functional groups attached to an aromatic ring is 1. The lowest BCUT2D eigenvalue weighted by molar-refractivity contribution is -0.137. The van der Waals surface area contributed by atoms with Gasteiger partial charge in [-0.1, -0.05) is 41.6 Å². The molecule has 0 aliphatic rings. The summed E-state index contributed by atoms with van der Waals surface area (Å²) in [5.41, 5.74) is 5.14. The average molecular weight is 414 g/mol. The fourth-order valence-corrected chi connectivity index (χ4v) is 3.33. The second kappa shape index (κ2) is 7.18. The molecular weight excluding hydrogens is 400 g/mol. The molecule has 0 aliphatic heterocycles. The molecule has 0 unspecified atom stereocenters. The van der Waals surface area contributed by atoms with Gasteiger partial charge >= 0.3 is 6.18 Å². The lowest BCUT2D eigenvalue weighted by Gasteiger charge is -2.14. The van der Waals surface area contributed by atoms with Crippen molar-refractivity contribution in [3.8, 4) is 11.3 Å². The van der Waals surface area contributed by atoms with Crippen LogP contribution in [0, 0.1) is 5.82 Å². The number of anilines is 1. The van der Waals surface area contributed by atoms with Gasteiger partial charge in [0.15, 0.2) is 5.82 Å². The predicted molar refractivity (Wildman–Crippen MR) is 104 cm³/mol. The second-order valence-corrected chi connectivity index (χ2v) is 6.47. The molecule has 0 saturated heterocycles. The molecule has 2 heterocycles. The first-order valence-corrected chi connectivity index (χ1v) is 8.72. The molecule has 3 N–H and O–H groups in total. The van der Waals surface area contributed by atoms with Crippen LogP contribution in [0.5, 0.6) is 0 Å². The van der Waals surface area contributed by atoms with Crippen LogP contribution in [-0.4, -0.2) is 20.3 Å². The van der Waals surface area contributed by atoms with Crippen molar-refractivity contribution < 1.29 is 22.8 Å². The fourth-order valence-electron chi connectivity index (χ4n) is 3.33. The number of pyridine rings is 1. The Bertz CT molecular complexity index is 1260. The summed E-state index contributed by atoms with van der Waals surface area (Å²) in [5, 5.41) is 12.8. The Morgan fingerprint density at radius 1 is 0.967 bits per heavy atom. The molecule has 0 amide bonds. The second-order valence-electron chi connectivity index (χ2n) is 6.47. The number of aromatic nitrogens is 2. The third-order valence-corrected chi connectivity index (χ3v) is 4.62. The highest BCUT2D eigenvalue weighted by molar-refractivity contribution is 6.12. The van der Waals surface area contributed by atoms with E-state index in [1.165, 1.54) is 16.7 Å². The zero-order valence-electron chi connectivity index (χ0n) is 15.2.